The van der Waals surface area contributed by atoms with Crippen LogP contribution in [-0.2, 0) is 4.74 Å². The zero-order chi connectivity index (χ0) is 15.6. The van der Waals surface area contributed by atoms with Gasteiger partial charge in [0, 0.05) is 25.8 Å². The zero-order valence-electron chi connectivity index (χ0n) is 13.0. The quantitative estimate of drug-likeness (QED) is 0.739. The maximum Gasteiger partial charge on any atom is 0.232 e. The highest BCUT2D eigenvalue weighted by molar-refractivity contribution is 7.17. The zero-order valence-corrected chi connectivity index (χ0v) is 13.8. The molecule has 1 saturated heterocycles. The van der Waals surface area contributed by atoms with Gasteiger partial charge in [0.15, 0.2) is 5.82 Å². The predicted molar refractivity (Wildman–Crippen MR) is 95.0 cm³/mol. The van der Waals surface area contributed by atoms with E-state index in [1.165, 1.54) is 0 Å². The van der Waals surface area contributed by atoms with Gasteiger partial charge in [0.1, 0.15) is 0 Å². The fourth-order valence-corrected chi connectivity index (χ4v) is 3.59. The lowest BCUT2D eigenvalue weighted by Crippen LogP contribution is -2.37. The van der Waals surface area contributed by atoms with E-state index in [1.54, 1.807) is 11.3 Å². The molecule has 2 aromatic heterocycles. The molecule has 1 aliphatic rings. The van der Waals surface area contributed by atoms with Crippen LogP contribution >= 0.6 is 11.3 Å². The Labute approximate surface area is 139 Å². The maximum atomic E-state index is 5.47. The summed E-state index contributed by atoms with van der Waals surface area (Å²) in [5, 5.41) is 2.08. The Kier molecular flexibility index (Phi) is 3.85. The van der Waals surface area contributed by atoms with Gasteiger partial charge in [0.05, 0.1) is 23.4 Å². The minimum Gasteiger partial charge on any atom is -0.378 e. The number of aromatic nitrogens is 2. The van der Waals surface area contributed by atoms with Crippen LogP contribution in [0.4, 0.5) is 17.5 Å². The summed E-state index contributed by atoms with van der Waals surface area (Å²) < 4.78 is 6.62. The van der Waals surface area contributed by atoms with E-state index in [2.05, 4.69) is 28.5 Å². The number of para-hydroxylation sites is 1. The average molecular weight is 326 g/mol. The number of benzene rings is 1. The Morgan fingerprint density at radius 2 is 1.87 bits per heavy atom. The van der Waals surface area contributed by atoms with Gasteiger partial charge in [-0.25, -0.2) is 4.98 Å². The van der Waals surface area contributed by atoms with E-state index in [4.69, 9.17) is 14.7 Å². The fourth-order valence-electron chi connectivity index (χ4n) is 2.74. The van der Waals surface area contributed by atoms with E-state index in [0.29, 0.717) is 0 Å². The molecule has 118 valence electrons. The third kappa shape index (κ3) is 2.75. The first-order valence-electron chi connectivity index (χ1n) is 7.69. The second-order valence-electron chi connectivity index (χ2n) is 5.48. The molecule has 0 unspecified atom stereocenters. The van der Waals surface area contributed by atoms with Crippen molar-refractivity contribution >= 4 is 39.0 Å². The molecular formula is C17H18N4OS. The van der Waals surface area contributed by atoms with Crippen molar-refractivity contribution in [2.24, 2.45) is 0 Å². The number of morpholine rings is 1. The Bertz CT molecular complexity index is 799. The smallest absolute Gasteiger partial charge is 0.232 e. The van der Waals surface area contributed by atoms with Crippen molar-refractivity contribution in [1.82, 2.24) is 9.97 Å². The second-order valence-corrected chi connectivity index (χ2v) is 6.39. The van der Waals surface area contributed by atoms with Crippen LogP contribution in [0.25, 0.3) is 10.2 Å². The normalized spacial score (nSPS) is 15.1. The van der Waals surface area contributed by atoms with Gasteiger partial charge in [0.2, 0.25) is 5.95 Å². The topological polar surface area (TPSA) is 41.5 Å². The second kappa shape index (κ2) is 6.14. The molecule has 0 atom stereocenters. The summed E-state index contributed by atoms with van der Waals surface area (Å²) in [6, 6.07) is 12.3. The minimum absolute atomic E-state index is 0.726. The van der Waals surface area contributed by atoms with Crippen LogP contribution < -0.4 is 9.80 Å². The molecule has 3 aromatic rings. The first kappa shape index (κ1) is 14.4. The summed E-state index contributed by atoms with van der Waals surface area (Å²) in [6.45, 7) is 3.25. The van der Waals surface area contributed by atoms with E-state index in [1.807, 2.05) is 30.1 Å². The summed E-state index contributed by atoms with van der Waals surface area (Å²) in [7, 11) is 2.01. The standard InChI is InChI=1S/C17H18N4OS/c1-20(13-5-3-2-4-6-13)17-18-14-7-12-23-15(14)16(19-17)21-8-10-22-11-9-21/h2-7,12H,8-11H2,1H3. The Morgan fingerprint density at radius 3 is 2.65 bits per heavy atom. The summed E-state index contributed by atoms with van der Waals surface area (Å²) in [6.07, 6.45) is 0. The van der Waals surface area contributed by atoms with Gasteiger partial charge < -0.3 is 14.5 Å². The van der Waals surface area contributed by atoms with Gasteiger partial charge in [-0.3, -0.25) is 0 Å². The summed E-state index contributed by atoms with van der Waals surface area (Å²) in [4.78, 5) is 13.9. The summed E-state index contributed by atoms with van der Waals surface area (Å²) in [5.74, 6) is 1.75. The first-order chi connectivity index (χ1) is 11.3. The molecule has 0 spiro atoms. The van der Waals surface area contributed by atoms with Crippen LogP contribution in [0.3, 0.4) is 0 Å². The molecule has 4 rings (SSSR count). The molecule has 6 heteroatoms. The number of fused-ring (bicyclic) bond motifs is 1. The number of rotatable bonds is 3. The van der Waals surface area contributed by atoms with Crippen molar-refractivity contribution in [3.8, 4) is 0 Å². The Balaban J connectivity index is 1.78. The van der Waals surface area contributed by atoms with Crippen LogP contribution in [0.1, 0.15) is 0 Å². The van der Waals surface area contributed by atoms with Gasteiger partial charge in [-0.1, -0.05) is 18.2 Å². The van der Waals surface area contributed by atoms with Gasteiger partial charge in [-0.2, -0.15) is 4.98 Å². The molecule has 3 heterocycles. The van der Waals surface area contributed by atoms with Crippen molar-refractivity contribution < 1.29 is 4.74 Å². The fraction of sp³-hybridized carbons (Fsp3) is 0.294. The lowest BCUT2D eigenvalue weighted by atomic mass is 10.3. The average Bonchev–Trinajstić information content (AvgIpc) is 3.10. The highest BCUT2D eigenvalue weighted by Gasteiger charge is 2.19. The number of ether oxygens (including phenoxy) is 1. The first-order valence-corrected chi connectivity index (χ1v) is 8.57. The van der Waals surface area contributed by atoms with Crippen LogP contribution in [0.5, 0.6) is 0 Å². The third-order valence-corrected chi connectivity index (χ3v) is 4.93. The van der Waals surface area contributed by atoms with E-state index in [0.717, 1.165) is 54.0 Å². The molecule has 0 saturated carbocycles. The highest BCUT2D eigenvalue weighted by Crippen LogP contribution is 2.32. The van der Waals surface area contributed by atoms with Crippen LogP contribution in [0.15, 0.2) is 41.8 Å². The molecule has 0 N–H and O–H groups in total. The van der Waals surface area contributed by atoms with Crippen molar-refractivity contribution in [2.75, 3.05) is 43.2 Å². The molecule has 23 heavy (non-hydrogen) atoms. The van der Waals surface area contributed by atoms with E-state index >= 15 is 0 Å². The van der Waals surface area contributed by atoms with Crippen LogP contribution in [0, 0.1) is 0 Å². The summed E-state index contributed by atoms with van der Waals surface area (Å²) in [5.41, 5.74) is 2.08. The largest absolute Gasteiger partial charge is 0.378 e. The van der Waals surface area contributed by atoms with Crippen molar-refractivity contribution in [2.45, 2.75) is 0 Å². The van der Waals surface area contributed by atoms with Gasteiger partial charge in [-0.05, 0) is 23.6 Å². The molecule has 0 aliphatic carbocycles. The molecule has 5 nitrogen and oxygen atoms in total. The predicted octanol–water partition coefficient (Wildman–Crippen LogP) is 3.30. The number of hydrogen-bond donors (Lipinski definition) is 0. The minimum atomic E-state index is 0.726. The molecule has 1 fully saturated rings. The number of nitrogens with zero attached hydrogens (tertiary/aromatic N) is 4. The third-order valence-electron chi connectivity index (χ3n) is 4.03. The maximum absolute atomic E-state index is 5.47. The van der Waals surface area contributed by atoms with Crippen molar-refractivity contribution in [1.29, 1.82) is 0 Å². The van der Waals surface area contributed by atoms with E-state index < -0.39 is 0 Å². The number of thiophene rings is 1. The van der Waals surface area contributed by atoms with E-state index in [-0.39, 0.29) is 0 Å². The van der Waals surface area contributed by atoms with E-state index in [9.17, 15) is 0 Å². The Morgan fingerprint density at radius 1 is 1.09 bits per heavy atom. The molecule has 0 bridgehead atoms. The SMILES string of the molecule is CN(c1ccccc1)c1nc(N2CCOCC2)c2sccc2n1. The summed E-state index contributed by atoms with van der Waals surface area (Å²) >= 11 is 1.70. The highest BCUT2D eigenvalue weighted by atomic mass is 32.1. The van der Waals surface area contributed by atoms with Gasteiger partial charge >= 0.3 is 0 Å². The molecule has 1 aromatic carbocycles. The number of anilines is 3. The molecule has 0 radical (unpaired) electrons. The molecular weight excluding hydrogens is 308 g/mol. The van der Waals surface area contributed by atoms with Gasteiger partial charge in [-0.15, -0.1) is 11.3 Å². The van der Waals surface area contributed by atoms with Crippen LogP contribution in [0.2, 0.25) is 0 Å². The lowest BCUT2D eigenvalue weighted by molar-refractivity contribution is 0.122. The lowest BCUT2D eigenvalue weighted by Gasteiger charge is -2.29. The molecule has 0 amide bonds. The Hall–Kier alpha value is -2.18. The van der Waals surface area contributed by atoms with Crippen molar-refractivity contribution in [3.05, 3.63) is 41.8 Å². The monoisotopic (exact) mass is 326 g/mol. The van der Waals surface area contributed by atoms with Crippen molar-refractivity contribution in [3.63, 3.8) is 0 Å². The van der Waals surface area contributed by atoms with Gasteiger partial charge in [0.25, 0.3) is 0 Å². The molecule has 1 aliphatic heterocycles. The van der Waals surface area contributed by atoms with Crippen LogP contribution in [-0.4, -0.2) is 43.3 Å². The number of hydrogen-bond acceptors (Lipinski definition) is 6.